The normalized spacial score (nSPS) is 14.2. The minimum Gasteiger partial charge on any atom is -0.312 e. The third-order valence-electron chi connectivity index (χ3n) is 4.50. The fraction of sp³-hybridized carbons (Fsp3) is 0.368. The summed E-state index contributed by atoms with van der Waals surface area (Å²) in [4.78, 5) is 35.0. The Morgan fingerprint density at radius 2 is 1.92 bits per heavy atom. The molecule has 0 bridgehead atoms. The Kier molecular flexibility index (Phi) is 5.18. The summed E-state index contributed by atoms with van der Waals surface area (Å²) in [6.07, 6.45) is 1.45. The van der Waals surface area contributed by atoms with E-state index in [-0.39, 0.29) is 17.4 Å². The Morgan fingerprint density at radius 1 is 1.20 bits per heavy atom. The highest BCUT2D eigenvalue weighted by atomic mass is 32.2. The summed E-state index contributed by atoms with van der Waals surface area (Å²) < 4.78 is 0. The minimum atomic E-state index is 0.0120. The molecular weight excluding hydrogens is 334 g/mol. The largest absolute Gasteiger partial charge is 0.312 e. The molecule has 1 saturated heterocycles. The molecule has 2 heterocycles. The first-order valence-electron chi connectivity index (χ1n) is 8.34. The molecule has 2 aromatic rings. The molecule has 6 heteroatoms. The predicted octanol–water partition coefficient (Wildman–Crippen LogP) is 3.50. The number of aryl methyl sites for hydroxylation is 2. The van der Waals surface area contributed by atoms with Gasteiger partial charge >= 0.3 is 0 Å². The number of benzene rings is 1. The summed E-state index contributed by atoms with van der Waals surface area (Å²) in [7, 11) is 0. The number of carbonyl (C=O) groups is 2. The maximum Gasteiger partial charge on any atom is 0.227 e. The molecule has 1 amide bonds. The third kappa shape index (κ3) is 3.90. The molecule has 0 radical (unpaired) electrons. The lowest BCUT2D eigenvalue weighted by molar-refractivity contribution is -0.117. The predicted molar refractivity (Wildman–Crippen MR) is 99.3 cm³/mol. The van der Waals surface area contributed by atoms with E-state index in [1.165, 1.54) is 11.8 Å². The van der Waals surface area contributed by atoms with Gasteiger partial charge in [0.1, 0.15) is 0 Å². The van der Waals surface area contributed by atoms with Crippen LogP contribution in [-0.4, -0.2) is 34.0 Å². The fourth-order valence-electron chi connectivity index (χ4n) is 2.79. The van der Waals surface area contributed by atoms with E-state index in [2.05, 4.69) is 9.97 Å². The molecule has 1 aliphatic rings. The lowest BCUT2D eigenvalue weighted by Crippen LogP contribution is -2.23. The molecule has 1 fully saturated rings. The van der Waals surface area contributed by atoms with E-state index in [0.717, 1.165) is 35.6 Å². The zero-order valence-corrected chi connectivity index (χ0v) is 15.5. The van der Waals surface area contributed by atoms with Gasteiger partial charge in [-0.3, -0.25) is 9.59 Å². The van der Waals surface area contributed by atoms with E-state index in [1.807, 2.05) is 32.9 Å². The standard InChI is InChI=1S/C19H21N3O2S/c1-12-13(2)20-19(21-14(12)3)25-11-17(23)15-6-4-7-16(10-15)22-9-5-8-18(22)24/h4,6-7,10H,5,8-9,11H2,1-3H3. The van der Waals surface area contributed by atoms with Crippen molar-refractivity contribution in [1.29, 1.82) is 0 Å². The second-order valence-corrected chi connectivity index (χ2v) is 7.16. The average molecular weight is 355 g/mol. The molecule has 0 aliphatic carbocycles. The molecule has 0 unspecified atom stereocenters. The van der Waals surface area contributed by atoms with E-state index >= 15 is 0 Å². The van der Waals surface area contributed by atoms with Gasteiger partial charge in [0, 0.05) is 35.6 Å². The molecule has 0 saturated carbocycles. The number of nitrogens with zero attached hydrogens (tertiary/aromatic N) is 3. The minimum absolute atomic E-state index is 0.0120. The van der Waals surface area contributed by atoms with Crippen LogP contribution in [0.25, 0.3) is 0 Å². The number of anilines is 1. The average Bonchev–Trinajstić information content (AvgIpc) is 3.03. The molecule has 1 aliphatic heterocycles. The van der Waals surface area contributed by atoms with E-state index in [1.54, 1.807) is 17.0 Å². The van der Waals surface area contributed by atoms with Crippen LogP contribution in [0, 0.1) is 20.8 Å². The Morgan fingerprint density at radius 3 is 2.56 bits per heavy atom. The van der Waals surface area contributed by atoms with Crippen molar-refractivity contribution < 1.29 is 9.59 Å². The quantitative estimate of drug-likeness (QED) is 0.467. The summed E-state index contributed by atoms with van der Waals surface area (Å²) >= 11 is 1.35. The monoisotopic (exact) mass is 355 g/mol. The van der Waals surface area contributed by atoms with Crippen LogP contribution in [-0.2, 0) is 4.79 Å². The van der Waals surface area contributed by atoms with Gasteiger partial charge < -0.3 is 4.90 Å². The SMILES string of the molecule is Cc1nc(SCC(=O)c2cccc(N3CCCC3=O)c2)nc(C)c1C. The molecule has 1 aromatic heterocycles. The Hall–Kier alpha value is -2.21. The molecule has 0 spiro atoms. The summed E-state index contributed by atoms with van der Waals surface area (Å²) in [5, 5.41) is 0.625. The van der Waals surface area contributed by atoms with E-state index in [9.17, 15) is 9.59 Å². The van der Waals surface area contributed by atoms with Crippen molar-refractivity contribution in [3.05, 3.63) is 46.8 Å². The first-order valence-corrected chi connectivity index (χ1v) is 9.32. The second-order valence-electron chi connectivity index (χ2n) is 6.21. The fourth-order valence-corrected chi connectivity index (χ4v) is 3.62. The van der Waals surface area contributed by atoms with E-state index in [4.69, 9.17) is 0 Å². The van der Waals surface area contributed by atoms with Gasteiger partial charge in [-0.15, -0.1) is 0 Å². The second kappa shape index (κ2) is 7.35. The number of amides is 1. The number of rotatable bonds is 5. The molecule has 0 N–H and O–H groups in total. The van der Waals surface area contributed by atoms with Gasteiger partial charge in [0.05, 0.1) is 5.75 Å². The topological polar surface area (TPSA) is 63.2 Å². The van der Waals surface area contributed by atoms with Gasteiger partial charge in [0.15, 0.2) is 10.9 Å². The van der Waals surface area contributed by atoms with Crippen LogP contribution < -0.4 is 4.90 Å². The molecule has 130 valence electrons. The van der Waals surface area contributed by atoms with E-state index < -0.39 is 0 Å². The molecule has 5 nitrogen and oxygen atoms in total. The van der Waals surface area contributed by atoms with Gasteiger partial charge in [0.2, 0.25) is 5.91 Å². The van der Waals surface area contributed by atoms with Gasteiger partial charge in [-0.2, -0.15) is 0 Å². The third-order valence-corrected chi connectivity index (χ3v) is 5.34. The summed E-state index contributed by atoms with van der Waals surface area (Å²) in [6.45, 7) is 6.62. The zero-order chi connectivity index (χ0) is 18.0. The molecule has 3 rings (SSSR count). The molecule has 25 heavy (non-hydrogen) atoms. The number of ketones is 1. The summed E-state index contributed by atoms with van der Waals surface area (Å²) in [5.41, 5.74) is 4.38. The molecule has 0 atom stereocenters. The van der Waals surface area contributed by atoms with Crippen molar-refractivity contribution in [3.63, 3.8) is 0 Å². The van der Waals surface area contributed by atoms with Crippen LogP contribution in [0.2, 0.25) is 0 Å². The first-order chi connectivity index (χ1) is 12.0. The van der Waals surface area contributed by atoms with Crippen molar-refractivity contribution in [2.75, 3.05) is 17.2 Å². The maximum absolute atomic E-state index is 12.5. The van der Waals surface area contributed by atoms with Crippen LogP contribution in [0.15, 0.2) is 29.4 Å². The van der Waals surface area contributed by atoms with Gasteiger partial charge in [-0.1, -0.05) is 23.9 Å². The van der Waals surface area contributed by atoms with Crippen LogP contribution in [0.4, 0.5) is 5.69 Å². The Labute approximate surface area is 151 Å². The summed E-state index contributed by atoms with van der Waals surface area (Å²) in [6, 6.07) is 7.30. The Balaban J connectivity index is 1.70. The van der Waals surface area contributed by atoms with Gasteiger partial charge in [-0.25, -0.2) is 9.97 Å². The van der Waals surface area contributed by atoms with E-state index in [0.29, 0.717) is 17.1 Å². The number of hydrogen-bond acceptors (Lipinski definition) is 5. The Bertz CT molecular complexity index is 812. The lowest BCUT2D eigenvalue weighted by Gasteiger charge is -2.16. The summed E-state index contributed by atoms with van der Waals surface area (Å²) in [5.74, 6) is 0.412. The zero-order valence-electron chi connectivity index (χ0n) is 14.7. The first kappa shape index (κ1) is 17.6. The number of aromatic nitrogens is 2. The van der Waals surface area contributed by atoms with Crippen LogP contribution in [0.5, 0.6) is 0 Å². The number of hydrogen-bond donors (Lipinski definition) is 0. The van der Waals surface area contributed by atoms with Crippen LogP contribution >= 0.6 is 11.8 Å². The maximum atomic E-state index is 12.5. The van der Waals surface area contributed by atoms with Crippen molar-refractivity contribution in [3.8, 4) is 0 Å². The number of carbonyl (C=O) groups excluding carboxylic acids is 2. The molecule has 1 aromatic carbocycles. The highest BCUT2D eigenvalue weighted by Crippen LogP contribution is 2.24. The smallest absolute Gasteiger partial charge is 0.227 e. The highest BCUT2D eigenvalue weighted by Gasteiger charge is 2.22. The van der Waals surface area contributed by atoms with Gasteiger partial charge in [-0.05, 0) is 44.9 Å². The van der Waals surface area contributed by atoms with Crippen LogP contribution in [0.3, 0.4) is 0 Å². The van der Waals surface area contributed by atoms with Crippen LogP contribution in [0.1, 0.15) is 40.2 Å². The van der Waals surface area contributed by atoms with Crippen molar-refractivity contribution >= 4 is 29.1 Å². The van der Waals surface area contributed by atoms with Gasteiger partial charge in [0.25, 0.3) is 0 Å². The van der Waals surface area contributed by atoms with Crippen molar-refractivity contribution in [2.45, 2.75) is 38.8 Å². The molecular formula is C19H21N3O2S. The van der Waals surface area contributed by atoms with Crippen molar-refractivity contribution in [1.82, 2.24) is 9.97 Å². The number of thioether (sulfide) groups is 1. The number of Topliss-reactive ketones (excluding diaryl/α,β-unsaturated/α-hetero) is 1. The van der Waals surface area contributed by atoms with Crippen molar-refractivity contribution in [2.24, 2.45) is 0 Å². The lowest BCUT2D eigenvalue weighted by atomic mass is 10.1. The highest BCUT2D eigenvalue weighted by molar-refractivity contribution is 7.99.